The number of nitrogens with zero attached hydrogens (tertiary/aromatic N) is 4. The zero-order valence-electron chi connectivity index (χ0n) is 27.3. The number of benzene rings is 2. The van der Waals surface area contributed by atoms with Gasteiger partial charge in [-0.05, 0) is 25.2 Å². The van der Waals surface area contributed by atoms with Gasteiger partial charge in [-0.15, -0.1) is 0 Å². The van der Waals surface area contributed by atoms with E-state index in [1.807, 2.05) is 36.4 Å². The number of carbonyl (C=O) groups excluding carboxylic acids is 2. The molecule has 2 aromatic heterocycles. The van der Waals surface area contributed by atoms with Crippen molar-refractivity contribution in [2.75, 3.05) is 20.8 Å². The molecule has 4 aromatic rings. The third-order valence-corrected chi connectivity index (χ3v) is 9.72. The summed E-state index contributed by atoms with van der Waals surface area (Å²) in [6.45, 7) is 1.54. The number of carbonyl (C=O) groups is 2. The van der Waals surface area contributed by atoms with E-state index in [2.05, 4.69) is 25.9 Å². The number of hydrogen-bond acceptors (Lipinski definition) is 10. The van der Waals surface area contributed by atoms with Crippen molar-refractivity contribution in [2.24, 2.45) is 11.7 Å². The summed E-state index contributed by atoms with van der Waals surface area (Å²) >= 11 is 14.1. The second kappa shape index (κ2) is 15.5. The number of halogens is 2. The van der Waals surface area contributed by atoms with Crippen LogP contribution in [0.3, 0.4) is 0 Å². The molecular formula is C35H38Cl2N8O4. The Morgan fingerprint density at radius 3 is 1.96 bits per heavy atom. The first-order valence-corrected chi connectivity index (χ1v) is 16.9. The zero-order valence-corrected chi connectivity index (χ0v) is 28.8. The van der Waals surface area contributed by atoms with Crippen molar-refractivity contribution < 1.29 is 19.1 Å². The predicted octanol–water partition coefficient (Wildman–Crippen LogP) is 4.70. The molecule has 1 saturated carbocycles. The van der Waals surface area contributed by atoms with Crippen molar-refractivity contribution in [1.29, 1.82) is 0 Å². The predicted molar refractivity (Wildman–Crippen MR) is 187 cm³/mol. The van der Waals surface area contributed by atoms with Crippen molar-refractivity contribution in [1.82, 2.24) is 35.9 Å². The number of primary amides is 1. The third kappa shape index (κ3) is 7.94. The van der Waals surface area contributed by atoms with Gasteiger partial charge in [0.25, 0.3) is 0 Å². The van der Waals surface area contributed by atoms with Crippen LogP contribution in [0.1, 0.15) is 43.5 Å². The van der Waals surface area contributed by atoms with Gasteiger partial charge in [0, 0.05) is 66.8 Å². The molecule has 1 aliphatic heterocycles. The molecule has 6 rings (SSSR count). The maximum absolute atomic E-state index is 11.5. The maximum atomic E-state index is 11.5. The number of hydrogen-bond donors (Lipinski definition) is 4. The van der Waals surface area contributed by atoms with Crippen molar-refractivity contribution in [3.8, 4) is 45.4 Å². The van der Waals surface area contributed by atoms with Crippen LogP contribution in [0.15, 0.2) is 48.8 Å². The van der Waals surface area contributed by atoms with E-state index in [0.29, 0.717) is 111 Å². The van der Waals surface area contributed by atoms with Gasteiger partial charge in [0.2, 0.25) is 23.6 Å². The average Bonchev–Trinajstić information content (AvgIpc) is 3.50. The van der Waals surface area contributed by atoms with E-state index >= 15 is 0 Å². The molecule has 2 fully saturated rings. The fourth-order valence-corrected chi connectivity index (χ4v) is 6.94. The minimum Gasteiger partial charge on any atom is -0.480 e. The third-order valence-electron chi connectivity index (χ3n) is 8.90. The Kier molecular flexibility index (Phi) is 10.9. The van der Waals surface area contributed by atoms with Gasteiger partial charge in [-0.25, -0.2) is 9.97 Å². The summed E-state index contributed by atoms with van der Waals surface area (Å²) in [4.78, 5) is 41.4. The molecule has 14 heteroatoms. The highest BCUT2D eigenvalue weighted by Crippen LogP contribution is 2.42. The van der Waals surface area contributed by atoms with Gasteiger partial charge in [0.1, 0.15) is 11.4 Å². The maximum Gasteiger partial charge on any atom is 0.237 e. The first kappa shape index (κ1) is 34.5. The van der Waals surface area contributed by atoms with Crippen LogP contribution >= 0.6 is 23.2 Å². The Balaban J connectivity index is 1.19. The van der Waals surface area contributed by atoms with E-state index < -0.39 is 0 Å². The summed E-state index contributed by atoms with van der Waals surface area (Å²) in [7, 11) is 3.11. The molecule has 5 N–H and O–H groups in total. The molecule has 256 valence electrons. The molecule has 2 aliphatic rings. The topological polar surface area (TPSA) is 166 Å². The van der Waals surface area contributed by atoms with E-state index in [1.165, 1.54) is 0 Å². The molecule has 12 nitrogen and oxygen atoms in total. The van der Waals surface area contributed by atoms with Gasteiger partial charge >= 0.3 is 0 Å². The van der Waals surface area contributed by atoms with Crippen molar-refractivity contribution in [3.63, 3.8) is 0 Å². The van der Waals surface area contributed by atoms with Crippen LogP contribution in [0.4, 0.5) is 0 Å². The zero-order chi connectivity index (χ0) is 34.5. The van der Waals surface area contributed by atoms with Gasteiger partial charge in [0.05, 0.1) is 48.0 Å². The van der Waals surface area contributed by atoms with Gasteiger partial charge in [0.15, 0.2) is 0 Å². The molecule has 3 heterocycles. The second-order valence-corrected chi connectivity index (χ2v) is 13.0. The number of ether oxygens (including phenoxy) is 2. The lowest BCUT2D eigenvalue weighted by atomic mass is 9.78. The van der Waals surface area contributed by atoms with Crippen molar-refractivity contribution in [2.45, 2.75) is 57.3 Å². The van der Waals surface area contributed by atoms with Crippen molar-refractivity contribution >= 4 is 35.0 Å². The van der Waals surface area contributed by atoms with Crippen molar-refractivity contribution in [3.05, 3.63) is 70.2 Å². The van der Waals surface area contributed by atoms with Crippen LogP contribution in [0.25, 0.3) is 33.6 Å². The number of nitrogens with one attached hydrogen (secondary N) is 3. The van der Waals surface area contributed by atoms with Crippen LogP contribution in [0, 0.1) is 5.92 Å². The average molecular weight is 706 g/mol. The molecule has 49 heavy (non-hydrogen) atoms. The first-order valence-electron chi connectivity index (χ1n) is 16.1. The lowest BCUT2D eigenvalue weighted by Gasteiger charge is -2.35. The summed E-state index contributed by atoms with van der Waals surface area (Å²) in [5, 5.41) is 10.7. The monoisotopic (exact) mass is 704 g/mol. The Hall–Kier alpha value is -4.36. The van der Waals surface area contributed by atoms with E-state index in [9.17, 15) is 9.59 Å². The highest BCUT2D eigenvalue weighted by atomic mass is 35.5. The summed E-state index contributed by atoms with van der Waals surface area (Å²) in [5.74, 6) is 0.930. The number of aromatic nitrogens is 4. The Bertz CT molecular complexity index is 1850. The summed E-state index contributed by atoms with van der Waals surface area (Å²) in [6.07, 6.45) is 6.93. The molecule has 2 amide bonds. The summed E-state index contributed by atoms with van der Waals surface area (Å²) in [5.41, 5.74) is 10.5. The largest absolute Gasteiger partial charge is 0.480 e. The van der Waals surface area contributed by atoms with Crippen LogP contribution in [0.2, 0.25) is 10.0 Å². The Labute approximate surface area is 294 Å². The van der Waals surface area contributed by atoms with Crippen LogP contribution < -0.4 is 31.2 Å². The Morgan fingerprint density at radius 2 is 1.45 bits per heavy atom. The van der Waals surface area contributed by atoms with Gasteiger partial charge in [-0.2, -0.15) is 0 Å². The lowest BCUT2D eigenvalue weighted by Crippen LogP contribution is -2.42. The molecular weight excluding hydrogens is 667 g/mol. The fourth-order valence-electron chi connectivity index (χ4n) is 6.29. The number of amides is 2. The molecule has 1 atom stereocenters. The van der Waals surface area contributed by atoms with E-state index in [0.717, 1.165) is 19.3 Å². The van der Waals surface area contributed by atoms with Gasteiger partial charge < -0.3 is 31.2 Å². The minimum absolute atomic E-state index is 0.0793. The quantitative estimate of drug-likeness (QED) is 0.144. The van der Waals surface area contributed by atoms with E-state index in [4.69, 9.17) is 48.4 Å². The van der Waals surface area contributed by atoms with E-state index in [1.54, 1.807) is 26.6 Å². The normalized spacial score (nSPS) is 18.5. The van der Waals surface area contributed by atoms with Gasteiger partial charge in [-0.1, -0.05) is 59.6 Å². The van der Waals surface area contributed by atoms with Gasteiger partial charge in [-0.3, -0.25) is 19.6 Å². The van der Waals surface area contributed by atoms with Crippen LogP contribution in [-0.4, -0.2) is 64.6 Å². The minimum atomic E-state index is -0.261. The molecule has 0 radical (unpaired) electrons. The fraction of sp³-hybridized carbons (Fsp3) is 0.371. The molecule has 1 aliphatic carbocycles. The molecule has 1 saturated heterocycles. The molecule has 0 spiro atoms. The molecule has 0 unspecified atom stereocenters. The summed E-state index contributed by atoms with van der Waals surface area (Å²) < 4.78 is 11.2. The first-order chi connectivity index (χ1) is 23.7. The number of nitrogens with two attached hydrogens (primary N) is 1. The Morgan fingerprint density at radius 1 is 0.898 bits per heavy atom. The SMILES string of the molecule is COc1nc(-c2cccc(-c3cccc(-c4cnc(CNC5CC(CC(N)=O)C5)c(OC)n4)c3Cl)c2Cl)cnc1CNC[C@@H]1CCC(=O)N1. The summed E-state index contributed by atoms with van der Waals surface area (Å²) in [6, 6.07) is 11.7. The highest BCUT2D eigenvalue weighted by Gasteiger charge is 2.30. The molecule has 0 bridgehead atoms. The van der Waals surface area contributed by atoms with E-state index in [-0.39, 0.29) is 17.9 Å². The van der Waals surface area contributed by atoms with Crippen LogP contribution in [0.5, 0.6) is 11.8 Å². The standard InChI is InChI=1S/C35H38Cl2N8O4/c1-48-34-28(15-39-14-20-9-10-31(47)43-20)41-16-26(44-34)24-7-3-5-22(32(24)36)23-6-4-8-25(33(23)37)27-17-42-29(35(45-27)49-2)18-40-21-11-19(12-21)13-30(38)46/h3-8,16-17,19-21,39-40H,9-15,18H2,1-2H3,(H2,38,46)(H,43,47)/t19?,20-,21?/m0/s1. The molecule has 2 aromatic carbocycles. The highest BCUT2D eigenvalue weighted by molar-refractivity contribution is 6.39. The number of rotatable bonds is 14. The second-order valence-electron chi connectivity index (χ2n) is 12.3. The number of methoxy groups -OCH3 is 2. The lowest BCUT2D eigenvalue weighted by molar-refractivity contribution is -0.120. The smallest absolute Gasteiger partial charge is 0.237 e. The van der Waals surface area contributed by atoms with Crippen LogP contribution in [-0.2, 0) is 22.7 Å².